The highest BCUT2D eigenvalue weighted by molar-refractivity contribution is 6.28. The average molecular weight is 312 g/mol. The van der Waals surface area contributed by atoms with E-state index in [0.717, 1.165) is 31.7 Å². The Labute approximate surface area is 128 Å². The van der Waals surface area contributed by atoms with Crippen molar-refractivity contribution in [3.63, 3.8) is 0 Å². The first kappa shape index (κ1) is 15.0. The van der Waals surface area contributed by atoms with Crippen LogP contribution >= 0.6 is 11.6 Å². The highest BCUT2D eigenvalue weighted by atomic mass is 35.5. The maximum Gasteiger partial charge on any atom is 0.230 e. The number of aromatic nitrogens is 3. The Morgan fingerprint density at radius 1 is 1.00 bits per heavy atom. The van der Waals surface area contributed by atoms with Crippen LogP contribution in [0.4, 0.5) is 5.95 Å². The molecule has 2 aromatic rings. The lowest BCUT2D eigenvalue weighted by molar-refractivity contribution is -0.655. The summed E-state index contributed by atoms with van der Waals surface area (Å²) < 4.78 is 0. The lowest BCUT2D eigenvalue weighted by Crippen LogP contribution is -3.00. The maximum absolute atomic E-state index is 6.02. The van der Waals surface area contributed by atoms with Gasteiger partial charge in [0.15, 0.2) is 5.82 Å². The monoisotopic (exact) mass is 311 g/mol. The van der Waals surface area contributed by atoms with E-state index in [1.54, 1.807) is 0 Å². The number of anilines is 1. The van der Waals surface area contributed by atoms with Gasteiger partial charge in [-0.1, -0.05) is 30.3 Å². The van der Waals surface area contributed by atoms with Gasteiger partial charge in [-0.2, -0.15) is 15.0 Å². The zero-order chi connectivity index (χ0) is 13.1. The van der Waals surface area contributed by atoms with Gasteiger partial charge in [0.05, 0.1) is 26.2 Å². The molecule has 1 fully saturated rings. The summed E-state index contributed by atoms with van der Waals surface area (Å²) in [6, 6.07) is 9.83. The predicted octanol–water partition coefficient (Wildman–Crippen LogP) is -2.42. The number of benzene rings is 1. The minimum Gasteiger partial charge on any atom is -1.00 e. The molecule has 20 heavy (non-hydrogen) atoms. The molecule has 1 saturated heterocycles. The van der Waals surface area contributed by atoms with Crippen LogP contribution in [0.5, 0.6) is 0 Å². The molecule has 0 saturated carbocycles. The first-order valence-corrected chi connectivity index (χ1v) is 6.74. The van der Waals surface area contributed by atoms with Gasteiger partial charge in [0.1, 0.15) is 0 Å². The van der Waals surface area contributed by atoms with Crippen LogP contribution in [-0.4, -0.2) is 41.1 Å². The fourth-order valence-electron chi connectivity index (χ4n) is 2.15. The Morgan fingerprint density at radius 2 is 1.70 bits per heavy atom. The van der Waals surface area contributed by atoms with E-state index < -0.39 is 0 Å². The van der Waals surface area contributed by atoms with Crippen LogP contribution in [0.15, 0.2) is 30.3 Å². The largest absolute Gasteiger partial charge is 1.00 e. The van der Waals surface area contributed by atoms with Gasteiger partial charge >= 0.3 is 0 Å². The van der Waals surface area contributed by atoms with E-state index in [1.807, 2.05) is 30.3 Å². The Morgan fingerprint density at radius 3 is 2.40 bits per heavy atom. The summed E-state index contributed by atoms with van der Waals surface area (Å²) in [5.74, 6) is 1.30. The first-order valence-electron chi connectivity index (χ1n) is 6.36. The summed E-state index contributed by atoms with van der Waals surface area (Å²) in [6.45, 7) is 4.00. The zero-order valence-electron chi connectivity index (χ0n) is 10.8. The molecule has 0 unspecified atom stereocenters. The molecule has 1 aliphatic heterocycles. The normalized spacial score (nSPS) is 14.8. The van der Waals surface area contributed by atoms with E-state index in [4.69, 9.17) is 11.6 Å². The van der Waals surface area contributed by atoms with Crippen molar-refractivity contribution >= 4 is 17.5 Å². The maximum atomic E-state index is 6.02. The molecule has 0 aliphatic carbocycles. The first-order chi connectivity index (χ1) is 9.33. The number of quaternary nitrogens is 1. The number of rotatable bonds is 2. The number of piperazine rings is 1. The predicted molar refractivity (Wildman–Crippen MR) is 74.1 cm³/mol. The molecule has 2 heterocycles. The number of halogens is 2. The number of nitrogens with two attached hydrogens (primary N) is 1. The van der Waals surface area contributed by atoms with Gasteiger partial charge in [-0.25, -0.2) is 0 Å². The van der Waals surface area contributed by atoms with Crippen LogP contribution in [0.1, 0.15) is 0 Å². The van der Waals surface area contributed by atoms with Crippen molar-refractivity contribution in [2.75, 3.05) is 31.1 Å². The molecule has 1 aromatic heterocycles. The molecular formula is C13H15Cl2N5. The number of hydrogen-bond acceptors (Lipinski definition) is 4. The smallest absolute Gasteiger partial charge is 0.230 e. The number of nitrogens with zero attached hydrogens (tertiary/aromatic N) is 4. The quantitative estimate of drug-likeness (QED) is 0.671. The zero-order valence-corrected chi connectivity index (χ0v) is 12.3. The molecule has 0 atom stereocenters. The summed E-state index contributed by atoms with van der Waals surface area (Å²) in [6.07, 6.45) is 0. The summed E-state index contributed by atoms with van der Waals surface area (Å²) in [5, 5.41) is 2.54. The summed E-state index contributed by atoms with van der Waals surface area (Å²) in [7, 11) is 0. The Hall–Kier alpha value is -1.43. The van der Waals surface area contributed by atoms with Crippen molar-refractivity contribution in [2.45, 2.75) is 0 Å². The van der Waals surface area contributed by atoms with Gasteiger partial charge in [0, 0.05) is 5.56 Å². The minimum atomic E-state index is 0. The van der Waals surface area contributed by atoms with Crippen molar-refractivity contribution in [3.8, 4) is 11.4 Å². The van der Waals surface area contributed by atoms with E-state index in [2.05, 4.69) is 25.2 Å². The fraction of sp³-hybridized carbons (Fsp3) is 0.308. The molecule has 0 spiro atoms. The molecule has 2 N–H and O–H groups in total. The van der Waals surface area contributed by atoms with Crippen LogP contribution in [-0.2, 0) is 0 Å². The Bertz CT molecular complexity index is 558. The average Bonchev–Trinajstić information content (AvgIpc) is 2.48. The summed E-state index contributed by atoms with van der Waals surface area (Å²) in [4.78, 5) is 15.1. The van der Waals surface area contributed by atoms with Gasteiger partial charge in [-0.3, -0.25) is 0 Å². The molecule has 1 aliphatic rings. The van der Waals surface area contributed by atoms with E-state index in [9.17, 15) is 0 Å². The number of hydrogen-bond donors (Lipinski definition) is 1. The van der Waals surface area contributed by atoms with Crippen molar-refractivity contribution in [1.82, 2.24) is 15.0 Å². The van der Waals surface area contributed by atoms with Crippen molar-refractivity contribution < 1.29 is 17.7 Å². The van der Waals surface area contributed by atoms with E-state index >= 15 is 0 Å². The highest BCUT2D eigenvalue weighted by Gasteiger charge is 2.17. The molecule has 0 bridgehead atoms. The second-order valence-corrected chi connectivity index (χ2v) is 4.79. The third-order valence-corrected chi connectivity index (χ3v) is 3.29. The summed E-state index contributed by atoms with van der Waals surface area (Å²) in [5.41, 5.74) is 0.955. The van der Waals surface area contributed by atoms with Crippen LogP contribution in [0.3, 0.4) is 0 Å². The van der Waals surface area contributed by atoms with Gasteiger partial charge in [-0.05, 0) is 11.6 Å². The lowest BCUT2D eigenvalue weighted by atomic mass is 10.2. The highest BCUT2D eigenvalue weighted by Crippen LogP contribution is 2.19. The molecule has 7 heteroatoms. The second kappa shape index (κ2) is 6.83. The molecule has 0 radical (unpaired) electrons. The van der Waals surface area contributed by atoms with Crippen molar-refractivity contribution in [3.05, 3.63) is 35.6 Å². The third kappa shape index (κ3) is 3.36. The topological polar surface area (TPSA) is 58.5 Å². The van der Waals surface area contributed by atoms with Gasteiger partial charge in [0.25, 0.3) is 0 Å². The lowest BCUT2D eigenvalue weighted by Gasteiger charge is -2.25. The molecule has 3 rings (SSSR count). The van der Waals surface area contributed by atoms with Gasteiger partial charge in [0.2, 0.25) is 11.2 Å². The van der Waals surface area contributed by atoms with Crippen LogP contribution in [0.2, 0.25) is 5.28 Å². The van der Waals surface area contributed by atoms with Gasteiger partial charge < -0.3 is 22.6 Å². The SMILES string of the molecule is Clc1nc(-c2ccccc2)nc(N2CC[NH2+]CC2)n1.[Cl-]. The van der Waals surface area contributed by atoms with E-state index in [1.165, 1.54) is 0 Å². The third-order valence-electron chi connectivity index (χ3n) is 3.12. The van der Waals surface area contributed by atoms with Crippen molar-refractivity contribution in [1.29, 1.82) is 0 Å². The molecule has 5 nitrogen and oxygen atoms in total. The second-order valence-electron chi connectivity index (χ2n) is 4.45. The molecule has 0 amide bonds. The van der Waals surface area contributed by atoms with Crippen LogP contribution in [0.25, 0.3) is 11.4 Å². The fourth-order valence-corrected chi connectivity index (χ4v) is 2.30. The minimum absolute atomic E-state index is 0. The Kier molecular flexibility index (Phi) is 5.11. The van der Waals surface area contributed by atoms with E-state index in [0.29, 0.717) is 11.8 Å². The molecule has 106 valence electrons. The van der Waals surface area contributed by atoms with Crippen molar-refractivity contribution in [2.24, 2.45) is 0 Å². The van der Waals surface area contributed by atoms with E-state index in [-0.39, 0.29) is 17.7 Å². The standard InChI is InChI=1S/C13H14ClN5.ClH/c14-12-16-11(10-4-2-1-3-5-10)17-13(18-12)19-8-6-15-7-9-19;/h1-5,15H,6-9H2;1H. The summed E-state index contributed by atoms with van der Waals surface area (Å²) >= 11 is 6.02. The Balaban J connectivity index is 0.00000147. The molecule has 1 aromatic carbocycles. The molecular weight excluding hydrogens is 297 g/mol. The van der Waals surface area contributed by atoms with Gasteiger partial charge in [-0.15, -0.1) is 0 Å². The van der Waals surface area contributed by atoms with Crippen LogP contribution in [0, 0.1) is 0 Å². The van der Waals surface area contributed by atoms with Crippen LogP contribution < -0.4 is 22.6 Å².